The smallest absolute Gasteiger partial charge is 0.159 e. The standard InChI is InChI=1S/C23H21N7O/c1-14(15-5-4-6-17(9-15)31-3)30(2)21-12-24-20-10-16(7-8-19(20)28-21)22-18-11-27-29-23(18)26-13-25-22/h4-14H,1-3H3,(H,25,26,27,29)/t14-/m1/s1. The lowest BCUT2D eigenvalue weighted by Gasteiger charge is -2.26. The summed E-state index contributed by atoms with van der Waals surface area (Å²) < 4.78 is 5.36. The fourth-order valence-electron chi connectivity index (χ4n) is 3.64. The van der Waals surface area contributed by atoms with Gasteiger partial charge in [0.15, 0.2) is 5.65 Å². The molecule has 2 aromatic carbocycles. The topological polar surface area (TPSA) is 92.7 Å². The van der Waals surface area contributed by atoms with Crippen LogP contribution in [0.1, 0.15) is 18.5 Å². The molecule has 0 aliphatic rings. The summed E-state index contributed by atoms with van der Waals surface area (Å²) in [5, 5.41) is 7.81. The van der Waals surface area contributed by atoms with Gasteiger partial charge in [0.25, 0.3) is 0 Å². The third kappa shape index (κ3) is 3.42. The lowest BCUT2D eigenvalue weighted by atomic mass is 10.1. The van der Waals surface area contributed by atoms with Crippen LogP contribution in [0.4, 0.5) is 5.82 Å². The van der Waals surface area contributed by atoms with Gasteiger partial charge >= 0.3 is 0 Å². The Balaban J connectivity index is 1.48. The van der Waals surface area contributed by atoms with E-state index < -0.39 is 0 Å². The second-order valence-corrected chi connectivity index (χ2v) is 7.35. The molecule has 31 heavy (non-hydrogen) atoms. The molecule has 0 saturated heterocycles. The van der Waals surface area contributed by atoms with Gasteiger partial charge in [-0.2, -0.15) is 5.10 Å². The van der Waals surface area contributed by atoms with E-state index in [0.717, 1.165) is 44.8 Å². The first kappa shape index (κ1) is 18.9. The molecule has 0 aliphatic heterocycles. The van der Waals surface area contributed by atoms with Gasteiger partial charge in [-0.05, 0) is 36.8 Å². The van der Waals surface area contributed by atoms with Crippen LogP contribution >= 0.6 is 0 Å². The van der Waals surface area contributed by atoms with E-state index in [1.165, 1.54) is 6.33 Å². The number of fused-ring (bicyclic) bond motifs is 2. The van der Waals surface area contributed by atoms with Gasteiger partial charge in [0.1, 0.15) is 17.9 Å². The Kier molecular flexibility index (Phi) is 4.66. The van der Waals surface area contributed by atoms with Crippen LogP contribution in [0, 0.1) is 0 Å². The van der Waals surface area contributed by atoms with Gasteiger partial charge < -0.3 is 9.64 Å². The highest BCUT2D eigenvalue weighted by Gasteiger charge is 2.16. The number of aromatic amines is 1. The molecule has 0 radical (unpaired) electrons. The summed E-state index contributed by atoms with van der Waals surface area (Å²) in [6.45, 7) is 2.13. The quantitative estimate of drug-likeness (QED) is 0.464. The summed E-state index contributed by atoms with van der Waals surface area (Å²) in [5.41, 5.74) is 5.24. The highest BCUT2D eigenvalue weighted by molar-refractivity contribution is 5.92. The van der Waals surface area contributed by atoms with Crippen LogP contribution in [0.15, 0.2) is 61.2 Å². The molecule has 3 aromatic heterocycles. The minimum Gasteiger partial charge on any atom is -0.497 e. The lowest BCUT2D eigenvalue weighted by molar-refractivity contribution is 0.414. The maximum Gasteiger partial charge on any atom is 0.159 e. The molecule has 0 amide bonds. The van der Waals surface area contributed by atoms with Crippen LogP contribution in [-0.2, 0) is 0 Å². The van der Waals surface area contributed by atoms with Crippen molar-refractivity contribution in [1.82, 2.24) is 30.1 Å². The van der Waals surface area contributed by atoms with E-state index in [-0.39, 0.29) is 6.04 Å². The summed E-state index contributed by atoms with van der Waals surface area (Å²) in [4.78, 5) is 20.2. The van der Waals surface area contributed by atoms with Crippen LogP contribution in [0.25, 0.3) is 33.3 Å². The number of H-pyrrole nitrogens is 1. The van der Waals surface area contributed by atoms with Gasteiger partial charge in [-0.15, -0.1) is 0 Å². The molecule has 5 rings (SSSR count). The number of anilines is 1. The molecule has 0 unspecified atom stereocenters. The molecule has 5 aromatic rings. The van der Waals surface area contributed by atoms with Crippen molar-refractivity contribution >= 4 is 27.9 Å². The monoisotopic (exact) mass is 411 g/mol. The van der Waals surface area contributed by atoms with Crippen molar-refractivity contribution in [2.24, 2.45) is 0 Å². The normalized spacial score (nSPS) is 12.2. The summed E-state index contributed by atoms with van der Waals surface area (Å²) in [7, 11) is 3.69. The molecule has 0 saturated carbocycles. The largest absolute Gasteiger partial charge is 0.497 e. The zero-order chi connectivity index (χ0) is 21.4. The van der Waals surface area contributed by atoms with Crippen molar-refractivity contribution in [3.05, 3.63) is 66.7 Å². The maximum atomic E-state index is 5.36. The lowest BCUT2D eigenvalue weighted by Crippen LogP contribution is -2.22. The number of ether oxygens (including phenoxy) is 1. The Morgan fingerprint density at radius 2 is 1.90 bits per heavy atom. The first-order valence-electron chi connectivity index (χ1n) is 9.92. The number of methoxy groups -OCH3 is 1. The molecule has 0 bridgehead atoms. The third-order valence-electron chi connectivity index (χ3n) is 5.57. The Labute approximate surface area is 179 Å². The highest BCUT2D eigenvalue weighted by Crippen LogP contribution is 2.29. The van der Waals surface area contributed by atoms with Crippen molar-refractivity contribution in [2.45, 2.75) is 13.0 Å². The molecule has 8 heteroatoms. The van der Waals surface area contributed by atoms with Gasteiger partial charge in [0, 0.05) is 12.6 Å². The number of benzene rings is 2. The van der Waals surface area contributed by atoms with Gasteiger partial charge in [-0.25, -0.2) is 15.0 Å². The average molecular weight is 411 g/mol. The molecular weight excluding hydrogens is 390 g/mol. The first-order chi connectivity index (χ1) is 15.1. The van der Waals surface area contributed by atoms with Gasteiger partial charge in [0.05, 0.1) is 47.7 Å². The summed E-state index contributed by atoms with van der Waals surface area (Å²) in [5.74, 6) is 1.64. The maximum absolute atomic E-state index is 5.36. The molecule has 3 heterocycles. The predicted octanol–water partition coefficient (Wildman–Crippen LogP) is 4.17. The van der Waals surface area contributed by atoms with Gasteiger partial charge in [-0.1, -0.05) is 18.2 Å². The van der Waals surface area contributed by atoms with Crippen LogP contribution in [0.5, 0.6) is 5.75 Å². The third-order valence-corrected chi connectivity index (χ3v) is 5.57. The SMILES string of the molecule is COc1cccc([C@@H](C)N(C)c2cnc3cc(-c4ncnc5[nH]ncc45)ccc3n2)c1. The fourth-order valence-corrected chi connectivity index (χ4v) is 3.64. The number of hydrogen-bond acceptors (Lipinski definition) is 7. The zero-order valence-corrected chi connectivity index (χ0v) is 17.4. The number of nitrogens with one attached hydrogen (secondary N) is 1. The van der Waals surface area contributed by atoms with Crippen molar-refractivity contribution in [2.75, 3.05) is 19.1 Å². The van der Waals surface area contributed by atoms with Crippen molar-refractivity contribution in [1.29, 1.82) is 0 Å². The summed E-state index contributed by atoms with van der Waals surface area (Å²) >= 11 is 0. The summed E-state index contributed by atoms with van der Waals surface area (Å²) in [6, 6.07) is 14.1. The Morgan fingerprint density at radius 3 is 2.77 bits per heavy atom. The number of hydrogen-bond donors (Lipinski definition) is 1. The molecule has 1 atom stereocenters. The van der Waals surface area contributed by atoms with Crippen molar-refractivity contribution < 1.29 is 4.74 Å². The average Bonchev–Trinajstić information content (AvgIpc) is 3.31. The second-order valence-electron chi connectivity index (χ2n) is 7.35. The van der Waals surface area contributed by atoms with Crippen LogP contribution in [-0.4, -0.2) is 44.3 Å². The van der Waals surface area contributed by atoms with E-state index >= 15 is 0 Å². The van der Waals surface area contributed by atoms with Crippen LogP contribution in [0.3, 0.4) is 0 Å². The fraction of sp³-hybridized carbons (Fsp3) is 0.174. The second kappa shape index (κ2) is 7.64. The van der Waals surface area contributed by atoms with E-state index in [0.29, 0.717) is 5.65 Å². The molecule has 8 nitrogen and oxygen atoms in total. The minimum absolute atomic E-state index is 0.108. The molecule has 0 spiro atoms. The van der Waals surface area contributed by atoms with E-state index in [2.05, 4.69) is 43.0 Å². The molecule has 1 N–H and O–H groups in total. The Hall–Kier alpha value is -4.07. The Bertz CT molecular complexity index is 1380. The molecular formula is C23H21N7O. The van der Waals surface area contributed by atoms with Crippen LogP contribution < -0.4 is 9.64 Å². The summed E-state index contributed by atoms with van der Waals surface area (Å²) in [6.07, 6.45) is 5.07. The minimum atomic E-state index is 0.108. The number of nitrogens with zero attached hydrogens (tertiary/aromatic N) is 6. The Morgan fingerprint density at radius 1 is 1.00 bits per heavy atom. The van der Waals surface area contributed by atoms with Gasteiger partial charge in [-0.3, -0.25) is 10.1 Å². The molecule has 0 fully saturated rings. The van der Waals surface area contributed by atoms with E-state index in [9.17, 15) is 0 Å². The van der Waals surface area contributed by atoms with Crippen molar-refractivity contribution in [3.8, 4) is 17.0 Å². The predicted molar refractivity (Wildman–Crippen MR) is 120 cm³/mol. The van der Waals surface area contributed by atoms with Crippen LogP contribution in [0.2, 0.25) is 0 Å². The van der Waals surface area contributed by atoms with E-state index in [4.69, 9.17) is 9.72 Å². The highest BCUT2D eigenvalue weighted by atomic mass is 16.5. The first-order valence-corrected chi connectivity index (χ1v) is 9.92. The number of rotatable bonds is 5. The van der Waals surface area contributed by atoms with E-state index in [1.54, 1.807) is 19.5 Å². The van der Waals surface area contributed by atoms with E-state index in [1.807, 2.05) is 43.4 Å². The zero-order valence-electron chi connectivity index (χ0n) is 17.4. The molecule has 0 aliphatic carbocycles. The number of aromatic nitrogens is 6. The molecule has 154 valence electrons. The van der Waals surface area contributed by atoms with Gasteiger partial charge in [0.2, 0.25) is 0 Å². The van der Waals surface area contributed by atoms with Crippen molar-refractivity contribution in [3.63, 3.8) is 0 Å².